The number of carbonyl (C=O) groups excluding carboxylic acids is 2. The first kappa shape index (κ1) is 15.4. The summed E-state index contributed by atoms with van der Waals surface area (Å²) in [5.41, 5.74) is 1.87. The molecule has 2 aliphatic carbocycles. The topological polar surface area (TPSA) is 46.6 Å². The molecule has 2 saturated carbocycles. The number of fused-ring (bicyclic) bond motifs is 2. The number of ether oxygens (including phenoxy) is 1. The van der Waals surface area contributed by atoms with Crippen LogP contribution in [-0.2, 0) is 14.3 Å². The fourth-order valence-electron chi connectivity index (χ4n) is 4.37. The summed E-state index contributed by atoms with van der Waals surface area (Å²) >= 11 is 0. The van der Waals surface area contributed by atoms with Crippen LogP contribution in [0.1, 0.15) is 44.1 Å². The summed E-state index contributed by atoms with van der Waals surface area (Å²) in [4.78, 5) is 25.6. The molecule has 0 unspecified atom stereocenters. The molecule has 1 aliphatic heterocycles. The van der Waals surface area contributed by atoms with E-state index in [-0.39, 0.29) is 18.0 Å². The third-order valence-electron chi connectivity index (χ3n) is 5.63. The van der Waals surface area contributed by atoms with Crippen LogP contribution in [0.4, 0.5) is 5.69 Å². The molecular weight excluding hydrogens is 302 g/mol. The minimum atomic E-state index is -0.244. The standard InChI is InChI=1S/C20H23NO3/c22-19-2-1-11-21(19)17-8-4-14(5-9-17)6-10-20(23)24-18-13-15-3-7-16(18)12-15/h4-6,8-10,15-16,18H,1-3,7,11-13H2/b10-6+/t15-,16-,18-/m0/s1. The van der Waals surface area contributed by atoms with Crippen LogP contribution in [0.5, 0.6) is 0 Å². The second-order valence-corrected chi connectivity index (χ2v) is 7.22. The molecule has 1 amide bonds. The zero-order valence-corrected chi connectivity index (χ0v) is 13.8. The van der Waals surface area contributed by atoms with Crippen molar-refractivity contribution in [1.29, 1.82) is 0 Å². The summed E-state index contributed by atoms with van der Waals surface area (Å²) in [5.74, 6) is 1.31. The number of hydrogen-bond acceptors (Lipinski definition) is 3. The lowest BCUT2D eigenvalue weighted by molar-refractivity contribution is -0.145. The second kappa shape index (κ2) is 6.42. The number of esters is 1. The maximum atomic E-state index is 12.0. The molecule has 0 N–H and O–H groups in total. The number of nitrogens with zero attached hydrogens (tertiary/aromatic N) is 1. The first-order valence-electron chi connectivity index (χ1n) is 8.98. The number of anilines is 1. The van der Waals surface area contributed by atoms with Gasteiger partial charge in [0.25, 0.3) is 0 Å². The monoisotopic (exact) mass is 325 g/mol. The molecule has 1 aromatic rings. The van der Waals surface area contributed by atoms with Gasteiger partial charge in [-0.25, -0.2) is 4.79 Å². The van der Waals surface area contributed by atoms with Gasteiger partial charge in [0.05, 0.1) is 0 Å². The van der Waals surface area contributed by atoms with Crippen LogP contribution in [0.25, 0.3) is 6.08 Å². The number of amides is 1. The van der Waals surface area contributed by atoms with Crippen LogP contribution in [0.3, 0.4) is 0 Å². The Morgan fingerprint density at radius 1 is 1.17 bits per heavy atom. The molecule has 4 heteroatoms. The predicted molar refractivity (Wildman–Crippen MR) is 92.4 cm³/mol. The quantitative estimate of drug-likeness (QED) is 0.628. The summed E-state index contributed by atoms with van der Waals surface area (Å²) in [5, 5.41) is 0. The average Bonchev–Trinajstić information content (AvgIpc) is 3.30. The van der Waals surface area contributed by atoms with E-state index in [2.05, 4.69) is 0 Å². The highest BCUT2D eigenvalue weighted by molar-refractivity contribution is 5.95. The number of benzene rings is 1. The van der Waals surface area contributed by atoms with Crippen molar-refractivity contribution in [2.24, 2.45) is 11.8 Å². The lowest BCUT2D eigenvalue weighted by Crippen LogP contribution is -2.23. The van der Waals surface area contributed by atoms with E-state index in [9.17, 15) is 9.59 Å². The highest BCUT2D eigenvalue weighted by atomic mass is 16.5. The number of carbonyl (C=O) groups is 2. The van der Waals surface area contributed by atoms with Crippen LogP contribution in [0, 0.1) is 11.8 Å². The minimum absolute atomic E-state index is 0.129. The van der Waals surface area contributed by atoms with E-state index in [1.54, 1.807) is 6.08 Å². The fourth-order valence-corrected chi connectivity index (χ4v) is 4.37. The van der Waals surface area contributed by atoms with Crippen LogP contribution < -0.4 is 4.90 Å². The van der Waals surface area contributed by atoms with Crippen molar-refractivity contribution in [3.63, 3.8) is 0 Å². The van der Waals surface area contributed by atoms with Crippen LogP contribution in [0.2, 0.25) is 0 Å². The molecule has 3 fully saturated rings. The molecule has 126 valence electrons. The Morgan fingerprint density at radius 3 is 2.62 bits per heavy atom. The smallest absolute Gasteiger partial charge is 0.331 e. The lowest BCUT2D eigenvalue weighted by Gasteiger charge is -2.21. The minimum Gasteiger partial charge on any atom is -0.459 e. The van der Waals surface area contributed by atoms with Crippen molar-refractivity contribution < 1.29 is 14.3 Å². The highest BCUT2D eigenvalue weighted by Gasteiger charge is 2.41. The van der Waals surface area contributed by atoms with Gasteiger partial charge >= 0.3 is 5.97 Å². The normalized spacial score (nSPS) is 28.9. The zero-order chi connectivity index (χ0) is 16.5. The SMILES string of the molecule is O=C(/C=C/c1ccc(N2CCCC2=O)cc1)O[C@H]1C[C@H]2CC[C@H]1C2. The van der Waals surface area contributed by atoms with Crippen LogP contribution in [0.15, 0.2) is 30.3 Å². The van der Waals surface area contributed by atoms with Gasteiger partial charge in [-0.05, 0) is 67.7 Å². The molecule has 0 spiro atoms. The second-order valence-electron chi connectivity index (χ2n) is 7.22. The molecule has 0 aromatic heterocycles. The van der Waals surface area contributed by atoms with Gasteiger partial charge in [-0.15, -0.1) is 0 Å². The van der Waals surface area contributed by atoms with Crippen LogP contribution in [-0.4, -0.2) is 24.5 Å². The zero-order valence-electron chi connectivity index (χ0n) is 13.8. The van der Waals surface area contributed by atoms with Gasteiger partial charge in [0, 0.05) is 24.7 Å². The van der Waals surface area contributed by atoms with E-state index in [0.29, 0.717) is 12.3 Å². The van der Waals surface area contributed by atoms with Crippen molar-refractivity contribution in [2.75, 3.05) is 11.4 Å². The number of rotatable bonds is 4. The van der Waals surface area contributed by atoms with E-state index >= 15 is 0 Å². The Morgan fingerprint density at radius 2 is 2.00 bits per heavy atom. The molecule has 4 nitrogen and oxygen atoms in total. The summed E-state index contributed by atoms with van der Waals surface area (Å²) in [7, 11) is 0. The average molecular weight is 325 g/mol. The van der Waals surface area contributed by atoms with Gasteiger partial charge in [0.15, 0.2) is 0 Å². The Hall–Kier alpha value is -2.10. The van der Waals surface area contributed by atoms with Crippen molar-refractivity contribution in [3.05, 3.63) is 35.9 Å². The molecule has 4 rings (SSSR count). The summed E-state index contributed by atoms with van der Waals surface area (Å²) < 4.78 is 5.61. The van der Waals surface area contributed by atoms with E-state index in [0.717, 1.165) is 36.6 Å². The maximum Gasteiger partial charge on any atom is 0.331 e. The van der Waals surface area contributed by atoms with Gasteiger partial charge in [-0.3, -0.25) is 4.79 Å². The van der Waals surface area contributed by atoms with Crippen molar-refractivity contribution in [3.8, 4) is 0 Å². The Bertz CT molecular complexity index is 664. The third kappa shape index (κ3) is 3.10. The predicted octanol–water partition coefficient (Wildman–Crippen LogP) is 3.56. The van der Waals surface area contributed by atoms with E-state index in [4.69, 9.17) is 4.74 Å². The largest absolute Gasteiger partial charge is 0.459 e. The molecule has 3 aliphatic rings. The van der Waals surface area contributed by atoms with Crippen molar-refractivity contribution >= 4 is 23.6 Å². The Balaban J connectivity index is 1.33. The molecule has 1 aromatic carbocycles. The molecule has 24 heavy (non-hydrogen) atoms. The molecular formula is C20H23NO3. The molecule has 3 atom stereocenters. The summed E-state index contributed by atoms with van der Waals surface area (Å²) in [6.45, 7) is 0.796. The van der Waals surface area contributed by atoms with E-state index < -0.39 is 0 Å². The number of hydrogen-bond donors (Lipinski definition) is 0. The van der Waals surface area contributed by atoms with E-state index in [1.165, 1.54) is 25.3 Å². The van der Waals surface area contributed by atoms with Gasteiger partial charge in [0.2, 0.25) is 5.91 Å². The first-order chi connectivity index (χ1) is 11.7. The van der Waals surface area contributed by atoms with Crippen LogP contribution >= 0.6 is 0 Å². The van der Waals surface area contributed by atoms with Gasteiger partial charge in [-0.1, -0.05) is 12.1 Å². The molecule has 1 saturated heterocycles. The fraction of sp³-hybridized carbons (Fsp3) is 0.500. The molecule has 1 heterocycles. The maximum absolute atomic E-state index is 12.0. The first-order valence-corrected chi connectivity index (χ1v) is 8.98. The van der Waals surface area contributed by atoms with Crippen molar-refractivity contribution in [1.82, 2.24) is 0 Å². The molecule has 0 radical (unpaired) electrons. The summed E-state index contributed by atoms with van der Waals surface area (Å²) in [6, 6.07) is 7.73. The summed E-state index contributed by atoms with van der Waals surface area (Å²) in [6.07, 6.45) is 9.79. The Labute approximate surface area is 142 Å². The highest BCUT2D eigenvalue weighted by Crippen LogP contribution is 2.45. The Kier molecular flexibility index (Phi) is 4.13. The van der Waals surface area contributed by atoms with Gasteiger partial charge in [0.1, 0.15) is 6.10 Å². The van der Waals surface area contributed by atoms with Gasteiger partial charge in [-0.2, -0.15) is 0 Å². The molecule has 2 bridgehead atoms. The third-order valence-corrected chi connectivity index (χ3v) is 5.63. The van der Waals surface area contributed by atoms with Gasteiger partial charge < -0.3 is 9.64 Å². The lowest BCUT2D eigenvalue weighted by atomic mass is 9.98. The van der Waals surface area contributed by atoms with E-state index in [1.807, 2.05) is 29.2 Å². The van der Waals surface area contributed by atoms with Crippen molar-refractivity contribution in [2.45, 2.75) is 44.6 Å².